The lowest BCUT2D eigenvalue weighted by Gasteiger charge is -2.24. The van der Waals surface area contributed by atoms with Crippen LogP contribution in [0.1, 0.15) is 32.4 Å². The molecule has 0 aromatic heterocycles. The maximum Gasteiger partial charge on any atom is 0.320 e. The van der Waals surface area contributed by atoms with E-state index in [9.17, 15) is 9.90 Å². The van der Waals surface area contributed by atoms with E-state index in [-0.39, 0.29) is 12.0 Å². The smallest absolute Gasteiger partial charge is 0.320 e. The Bertz CT molecular complexity index is 404. The van der Waals surface area contributed by atoms with E-state index in [2.05, 4.69) is 5.32 Å². The van der Waals surface area contributed by atoms with Crippen LogP contribution in [0.25, 0.3) is 0 Å². The van der Waals surface area contributed by atoms with Gasteiger partial charge in [-0.2, -0.15) is 0 Å². The Labute approximate surface area is 108 Å². The highest BCUT2D eigenvalue weighted by Crippen LogP contribution is 2.25. The summed E-state index contributed by atoms with van der Waals surface area (Å²) in [5.74, 6) is -0.0307. The van der Waals surface area contributed by atoms with E-state index in [0.29, 0.717) is 0 Å². The maximum absolute atomic E-state index is 11.2. The SMILES string of the molecule is COc1ccccc1C(C)NC(C(=O)O)C(C)C. The van der Waals surface area contributed by atoms with Crippen LogP contribution in [0.4, 0.5) is 0 Å². The molecule has 2 unspecified atom stereocenters. The van der Waals surface area contributed by atoms with Crippen LogP contribution in [0.2, 0.25) is 0 Å². The van der Waals surface area contributed by atoms with Gasteiger partial charge in [0.15, 0.2) is 0 Å². The van der Waals surface area contributed by atoms with Crippen LogP contribution < -0.4 is 10.1 Å². The van der Waals surface area contributed by atoms with Gasteiger partial charge in [-0.1, -0.05) is 32.0 Å². The average Bonchev–Trinajstić information content (AvgIpc) is 2.34. The van der Waals surface area contributed by atoms with E-state index in [1.54, 1.807) is 7.11 Å². The van der Waals surface area contributed by atoms with Crippen molar-refractivity contribution in [3.05, 3.63) is 29.8 Å². The van der Waals surface area contributed by atoms with Gasteiger partial charge in [-0.15, -0.1) is 0 Å². The van der Waals surface area contributed by atoms with Crippen LogP contribution in [0.3, 0.4) is 0 Å². The second-order valence-corrected chi connectivity index (χ2v) is 4.69. The zero-order valence-electron chi connectivity index (χ0n) is 11.3. The molecule has 1 aromatic rings. The Hall–Kier alpha value is -1.55. The number of ether oxygens (including phenoxy) is 1. The number of methoxy groups -OCH3 is 1. The van der Waals surface area contributed by atoms with Crippen molar-refractivity contribution < 1.29 is 14.6 Å². The van der Waals surface area contributed by atoms with Crippen molar-refractivity contribution in [2.45, 2.75) is 32.9 Å². The maximum atomic E-state index is 11.2. The minimum atomic E-state index is -0.827. The molecule has 100 valence electrons. The first kappa shape index (κ1) is 14.5. The number of nitrogens with one attached hydrogen (secondary N) is 1. The Morgan fingerprint density at radius 3 is 2.39 bits per heavy atom. The van der Waals surface area contributed by atoms with Gasteiger partial charge >= 0.3 is 5.97 Å². The number of hydrogen-bond acceptors (Lipinski definition) is 3. The number of benzene rings is 1. The highest BCUT2D eigenvalue weighted by molar-refractivity contribution is 5.73. The van der Waals surface area contributed by atoms with Gasteiger partial charge in [-0.25, -0.2) is 0 Å². The molecule has 1 aromatic carbocycles. The number of carboxylic acids is 1. The summed E-state index contributed by atoms with van der Waals surface area (Å²) in [7, 11) is 1.61. The summed E-state index contributed by atoms with van der Waals surface area (Å²) in [5, 5.41) is 12.3. The zero-order valence-corrected chi connectivity index (χ0v) is 11.3. The second kappa shape index (κ2) is 6.40. The van der Waals surface area contributed by atoms with Gasteiger partial charge in [0.1, 0.15) is 11.8 Å². The fourth-order valence-corrected chi connectivity index (χ4v) is 1.93. The Balaban J connectivity index is 2.86. The summed E-state index contributed by atoms with van der Waals surface area (Å²) in [6.45, 7) is 5.72. The van der Waals surface area contributed by atoms with Gasteiger partial charge < -0.3 is 9.84 Å². The quantitative estimate of drug-likeness (QED) is 0.815. The molecule has 4 heteroatoms. The largest absolute Gasteiger partial charge is 0.496 e. The Morgan fingerprint density at radius 1 is 1.28 bits per heavy atom. The molecule has 1 rings (SSSR count). The van der Waals surface area contributed by atoms with Crippen LogP contribution in [0.5, 0.6) is 5.75 Å². The first-order valence-corrected chi connectivity index (χ1v) is 6.09. The van der Waals surface area contributed by atoms with Gasteiger partial charge in [-0.05, 0) is 18.9 Å². The summed E-state index contributed by atoms with van der Waals surface area (Å²) in [6, 6.07) is 6.98. The number of rotatable bonds is 6. The van der Waals surface area contributed by atoms with E-state index in [4.69, 9.17) is 4.74 Å². The molecule has 18 heavy (non-hydrogen) atoms. The van der Waals surface area contributed by atoms with Gasteiger partial charge in [-0.3, -0.25) is 10.1 Å². The Morgan fingerprint density at radius 2 is 1.89 bits per heavy atom. The lowest BCUT2D eigenvalue weighted by molar-refractivity contribution is -0.140. The lowest BCUT2D eigenvalue weighted by Crippen LogP contribution is -2.42. The van der Waals surface area contributed by atoms with Crippen LogP contribution in [0.15, 0.2) is 24.3 Å². The van der Waals surface area contributed by atoms with Crippen molar-refractivity contribution in [1.29, 1.82) is 0 Å². The molecule has 0 spiro atoms. The highest BCUT2D eigenvalue weighted by atomic mass is 16.5. The zero-order chi connectivity index (χ0) is 13.7. The van der Waals surface area contributed by atoms with Crippen molar-refractivity contribution in [2.24, 2.45) is 5.92 Å². The number of aliphatic carboxylic acids is 1. The topological polar surface area (TPSA) is 58.6 Å². The van der Waals surface area contributed by atoms with E-state index in [1.165, 1.54) is 0 Å². The first-order valence-electron chi connectivity index (χ1n) is 6.09. The molecular formula is C14H21NO3. The molecule has 0 aliphatic carbocycles. The van der Waals surface area contributed by atoms with Gasteiger partial charge in [0.2, 0.25) is 0 Å². The second-order valence-electron chi connectivity index (χ2n) is 4.69. The van der Waals surface area contributed by atoms with Crippen molar-refractivity contribution in [2.75, 3.05) is 7.11 Å². The van der Waals surface area contributed by atoms with E-state index in [0.717, 1.165) is 11.3 Å². The first-order chi connectivity index (χ1) is 8.47. The molecule has 0 radical (unpaired) electrons. The van der Waals surface area contributed by atoms with Crippen LogP contribution in [-0.2, 0) is 4.79 Å². The van der Waals surface area contributed by atoms with Crippen molar-refractivity contribution >= 4 is 5.97 Å². The summed E-state index contributed by atoms with van der Waals surface area (Å²) >= 11 is 0. The van der Waals surface area contributed by atoms with Crippen molar-refractivity contribution in [3.8, 4) is 5.75 Å². The number of carbonyl (C=O) groups is 1. The molecule has 0 amide bonds. The minimum Gasteiger partial charge on any atom is -0.496 e. The lowest BCUT2D eigenvalue weighted by atomic mass is 10.0. The number of carboxylic acid groups (broad SMARTS) is 1. The van der Waals surface area contributed by atoms with E-state index in [1.807, 2.05) is 45.0 Å². The molecule has 2 atom stereocenters. The molecule has 0 fully saturated rings. The van der Waals surface area contributed by atoms with Crippen LogP contribution in [-0.4, -0.2) is 24.2 Å². The minimum absolute atomic E-state index is 0.0275. The molecule has 0 saturated carbocycles. The van der Waals surface area contributed by atoms with Crippen LogP contribution in [0, 0.1) is 5.92 Å². The summed E-state index contributed by atoms with van der Waals surface area (Å²) in [5.41, 5.74) is 0.965. The van der Waals surface area contributed by atoms with Gasteiger partial charge in [0.25, 0.3) is 0 Å². The predicted molar refractivity (Wildman–Crippen MR) is 70.8 cm³/mol. The van der Waals surface area contributed by atoms with E-state index < -0.39 is 12.0 Å². The standard InChI is InChI=1S/C14H21NO3/c1-9(2)13(14(16)17)15-10(3)11-7-5-6-8-12(11)18-4/h5-10,13,15H,1-4H3,(H,16,17). The summed E-state index contributed by atoms with van der Waals surface area (Å²) in [6.07, 6.45) is 0. The monoisotopic (exact) mass is 251 g/mol. The molecule has 4 nitrogen and oxygen atoms in total. The molecule has 2 N–H and O–H groups in total. The fraction of sp³-hybridized carbons (Fsp3) is 0.500. The molecule has 0 bridgehead atoms. The molecule has 0 heterocycles. The Kier molecular flexibility index (Phi) is 5.16. The summed E-state index contributed by atoms with van der Waals surface area (Å²) < 4.78 is 5.28. The predicted octanol–water partition coefficient (Wildman–Crippen LogP) is 2.46. The van der Waals surface area contributed by atoms with Crippen molar-refractivity contribution in [1.82, 2.24) is 5.32 Å². The van der Waals surface area contributed by atoms with E-state index >= 15 is 0 Å². The normalized spacial score (nSPS) is 14.3. The molecular weight excluding hydrogens is 230 g/mol. The third kappa shape index (κ3) is 3.47. The average molecular weight is 251 g/mol. The molecule has 0 saturated heterocycles. The molecule has 0 aliphatic heterocycles. The number of hydrogen-bond donors (Lipinski definition) is 2. The third-order valence-corrected chi connectivity index (χ3v) is 2.97. The highest BCUT2D eigenvalue weighted by Gasteiger charge is 2.24. The molecule has 0 aliphatic rings. The number of para-hydroxylation sites is 1. The fourth-order valence-electron chi connectivity index (χ4n) is 1.93. The van der Waals surface area contributed by atoms with Gasteiger partial charge in [0, 0.05) is 11.6 Å². The van der Waals surface area contributed by atoms with Crippen LogP contribution >= 0.6 is 0 Å². The van der Waals surface area contributed by atoms with Gasteiger partial charge in [0.05, 0.1) is 7.11 Å². The summed E-state index contributed by atoms with van der Waals surface area (Å²) in [4.78, 5) is 11.2. The van der Waals surface area contributed by atoms with Crippen molar-refractivity contribution in [3.63, 3.8) is 0 Å². The third-order valence-electron chi connectivity index (χ3n) is 2.97.